The van der Waals surface area contributed by atoms with Crippen molar-refractivity contribution in [3.63, 3.8) is 0 Å². The van der Waals surface area contributed by atoms with Crippen molar-refractivity contribution >= 4 is 11.5 Å². The molecular weight excluding hydrogens is 192 g/mol. The summed E-state index contributed by atoms with van der Waals surface area (Å²) in [5, 5.41) is 8.42. The summed E-state index contributed by atoms with van der Waals surface area (Å²) in [5.41, 5.74) is 2.00. The van der Waals surface area contributed by atoms with Gasteiger partial charge >= 0.3 is 5.97 Å². The first-order chi connectivity index (χ1) is 7.00. The number of carbonyl (C=O) groups is 1. The molecule has 3 nitrogen and oxygen atoms in total. The number of carboxylic acids is 1. The lowest BCUT2D eigenvalue weighted by atomic mass is 10.1. The molecule has 1 heterocycles. The summed E-state index contributed by atoms with van der Waals surface area (Å²) in [7, 11) is 0. The second kappa shape index (κ2) is 4.64. The third kappa shape index (κ3) is 3.13. The van der Waals surface area contributed by atoms with Crippen LogP contribution < -0.4 is 0 Å². The number of hydrogen-bond donors (Lipinski definition) is 1. The summed E-state index contributed by atoms with van der Waals surface area (Å²) in [4.78, 5) is 10.3. The normalized spacial score (nSPS) is 12.3. The highest BCUT2D eigenvalue weighted by atomic mass is 16.4. The molecule has 0 atom stereocenters. The number of carboxylic acid groups (broad SMARTS) is 1. The van der Waals surface area contributed by atoms with Crippen LogP contribution in [0.25, 0.3) is 5.57 Å². The van der Waals surface area contributed by atoms with E-state index < -0.39 is 5.97 Å². The Kier molecular flexibility index (Phi) is 3.50. The average molecular weight is 206 g/mol. The van der Waals surface area contributed by atoms with E-state index >= 15 is 0 Å². The standard InChI is InChI=1S/C12H14O3/c1-8(5-4-6-12(13)14)11-7-9(2)15-10(11)3/h4-7H,1-3H3,(H,13,14)/b6-4+,8-5-. The maximum absolute atomic E-state index is 10.3. The molecule has 0 radical (unpaired) electrons. The molecule has 15 heavy (non-hydrogen) atoms. The molecule has 0 aliphatic carbocycles. The largest absolute Gasteiger partial charge is 0.478 e. The van der Waals surface area contributed by atoms with Crippen LogP contribution in [0.3, 0.4) is 0 Å². The van der Waals surface area contributed by atoms with E-state index in [0.29, 0.717) is 0 Å². The van der Waals surface area contributed by atoms with Gasteiger partial charge in [-0.05, 0) is 32.4 Å². The minimum Gasteiger partial charge on any atom is -0.478 e. The number of aryl methyl sites for hydroxylation is 2. The third-order valence-electron chi connectivity index (χ3n) is 2.05. The topological polar surface area (TPSA) is 50.4 Å². The second-order valence-electron chi connectivity index (χ2n) is 3.37. The molecule has 0 spiro atoms. The van der Waals surface area contributed by atoms with Gasteiger partial charge in [-0.25, -0.2) is 4.79 Å². The number of furan rings is 1. The Labute approximate surface area is 88.7 Å². The van der Waals surface area contributed by atoms with E-state index in [0.717, 1.165) is 28.7 Å². The van der Waals surface area contributed by atoms with E-state index in [1.54, 1.807) is 6.08 Å². The van der Waals surface area contributed by atoms with E-state index in [9.17, 15) is 4.79 Å². The summed E-state index contributed by atoms with van der Waals surface area (Å²) in [6.07, 6.45) is 4.37. The molecule has 3 heteroatoms. The highest BCUT2D eigenvalue weighted by Crippen LogP contribution is 2.21. The van der Waals surface area contributed by atoms with Crippen LogP contribution in [-0.2, 0) is 4.79 Å². The van der Waals surface area contributed by atoms with Crippen molar-refractivity contribution in [3.05, 3.63) is 41.4 Å². The molecule has 0 bridgehead atoms. The van der Waals surface area contributed by atoms with Crippen LogP contribution in [0.4, 0.5) is 0 Å². The molecule has 0 aromatic carbocycles. The summed E-state index contributed by atoms with van der Waals surface area (Å²) in [5.74, 6) is 0.765. The Hall–Kier alpha value is -1.77. The number of aliphatic carboxylic acids is 1. The highest BCUT2D eigenvalue weighted by Gasteiger charge is 2.04. The van der Waals surface area contributed by atoms with E-state index in [-0.39, 0.29) is 0 Å². The fourth-order valence-electron chi connectivity index (χ4n) is 1.39. The van der Waals surface area contributed by atoms with Crippen LogP contribution in [0.1, 0.15) is 24.0 Å². The number of hydrogen-bond acceptors (Lipinski definition) is 2. The Balaban J connectivity index is 2.89. The zero-order valence-corrected chi connectivity index (χ0v) is 9.07. The molecule has 0 saturated carbocycles. The van der Waals surface area contributed by atoms with Gasteiger partial charge in [0.2, 0.25) is 0 Å². The minimum atomic E-state index is -0.945. The van der Waals surface area contributed by atoms with E-state index in [2.05, 4.69) is 0 Å². The summed E-state index contributed by atoms with van der Waals surface area (Å²) in [6.45, 7) is 5.70. The van der Waals surface area contributed by atoms with E-state index in [1.165, 1.54) is 6.08 Å². The van der Waals surface area contributed by atoms with Crippen LogP contribution in [0.15, 0.2) is 28.7 Å². The maximum atomic E-state index is 10.3. The first-order valence-electron chi connectivity index (χ1n) is 4.66. The van der Waals surface area contributed by atoms with Gasteiger partial charge in [-0.3, -0.25) is 0 Å². The van der Waals surface area contributed by atoms with Crippen molar-refractivity contribution in [1.29, 1.82) is 0 Å². The van der Waals surface area contributed by atoms with Crippen LogP contribution in [0, 0.1) is 13.8 Å². The molecule has 0 fully saturated rings. The molecule has 0 aliphatic heterocycles. The molecule has 1 aromatic heterocycles. The monoisotopic (exact) mass is 206 g/mol. The van der Waals surface area contributed by atoms with Crippen molar-refractivity contribution < 1.29 is 14.3 Å². The SMILES string of the molecule is C/C(=C/C=C/C(=O)O)c1cc(C)oc1C. The van der Waals surface area contributed by atoms with Crippen molar-refractivity contribution in [2.75, 3.05) is 0 Å². The van der Waals surface area contributed by atoms with Gasteiger partial charge in [0.25, 0.3) is 0 Å². The fourth-order valence-corrected chi connectivity index (χ4v) is 1.39. The summed E-state index contributed by atoms with van der Waals surface area (Å²) >= 11 is 0. The third-order valence-corrected chi connectivity index (χ3v) is 2.05. The van der Waals surface area contributed by atoms with Gasteiger partial charge in [0.1, 0.15) is 11.5 Å². The van der Waals surface area contributed by atoms with Gasteiger partial charge in [-0.15, -0.1) is 0 Å². The molecule has 0 aliphatic rings. The molecule has 1 aromatic rings. The van der Waals surface area contributed by atoms with Crippen molar-refractivity contribution in [3.8, 4) is 0 Å². The maximum Gasteiger partial charge on any atom is 0.328 e. The average Bonchev–Trinajstić information content (AvgIpc) is 2.44. The lowest BCUT2D eigenvalue weighted by Gasteiger charge is -1.95. The first kappa shape index (κ1) is 11.3. The van der Waals surface area contributed by atoms with Gasteiger partial charge in [-0.1, -0.05) is 12.2 Å². The lowest BCUT2D eigenvalue weighted by Crippen LogP contribution is -1.85. The number of rotatable bonds is 3. The molecule has 0 unspecified atom stereocenters. The second-order valence-corrected chi connectivity index (χ2v) is 3.37. The van der Waals surface area contributed by atoms with Crippen LogP contribution >= 0.6 is 0 Å². The fraction of sp³-hybridized carbons (Fsp3) is 0.250. The Bertz CT molecular complexity index is 422. The highest BCUT2D eigenvalue weighted by molar-refractivity contribution is 5.80. The molecule has 1 N–H and O–H groups in total. The van der Waals surface area contributed by atoms with E-state index in [1.807, 2.05) is 26.8 Å². The number of allylic oxidation sites excluding steroid dienone is 3. The molecule has 0 saturated heterocycles. The zero-order valence-electron chi connectivity index (χ0n) is 9.07. The predicted molar refractivity (Wildman–Crippen MR) is 58.6 cm³/mol. The van der Waals surface area contributed by atoms with Crippen LogP contribution in [0.2, 0.25) is 0 Å². The molecular formula is C12H14O3. The van der Waals surface area contributed by atoms with Crippen molar-refractivity contribution in [2.45, 2.75) is 20.8 Å². The molecule has 0 amide bonds. The Morgan fingerprint density at radius 2 is 2.13 bits per heavy atom. The van der Waals surface area contributed by atoms with Gasteiger partial charge in [0.15, 0.2) is 0 Å². The smallest absolute Gasteiger partial charge is 0.328 e. The quantitative estimate of drug-likeness (QED) is 0.611. The zero-order chi connectivity index (χ0) is 11.4. The van der Waals surface area contributed by atoms with Crippen molar-refractivity contribution in [1.82, 2.24) is 0 Å². The van der Waals surface area contributed by atoms with Crippen LogP contribution in [-0.4, -0.2) is 11.1 Å². The summed E-state index contributed by atoms with van der Waals surface area (Å²) < 4.78 is 5.38. The van der Waals surface area contributed by atoms with Gasteiger partial charge in [0, 0.05) is 11.6 Å². The van der Waals surface area contributed by atoms with Gasteiger partial charge < -0.3 is 9.52 Å². The van der Waals surface area contributed by atoms with Gasteiger partial charge in [-0.2, -0.15) is 0 Å². The van der Waals surface area contributed by atoms with Crippen LogP contribution in [0.5, 0.6) is 0 Å². The van der Waals surface area contributed by atoms with Crippen molar-refractivity contribution in [2.24, 2.45) is 0 Å². The lowest BCUT2D eigenvalue weighted by molar-refractivity contribution is -0.131. The molecule has 80 valence electrons. The molecule has 1 rings (SSSR count). The Morgan fingerprint density at radius 1 is 1.47 bits per heavy atom. The first-order valence-corrected chi connectivity index (χ1v) is 4.66. The minimum absolute atomic E-state index is 0.852. The van der Waals surface area contributed by atoms with E-state index in [4.69, 9.17) is 9.52 Å². The Morgan fingerprint density at radius 3 is 2.60 bits per heavy atom. The van der Waals surface area contributed by atoms with Gasteiger partial charge in [0.05, 0.1) is 0 Å². The summed E-state index contributed by atoms with van der Waals surface area (Å²) in [6, 6.07) is 1.94. The predicted octanol–water partition coefficient (Wildman–Crippen LogP) is 2.94.